The lowest BCUT2D eigenvalue weighted by Crippen LogP contribution is -2.49. The largest absolute Gasteiger partial charge is 0.481 e. The van der Waals surface area contributed by atoms with Crippen LogP contribution in [0.3, 0.4) is 0 Å². The first kappa shape index (κ1) is 13.7. The molecule has 1 fully saturated rings. The number of carboxylic acids is 1. The topological polar surface area (TPSA) is 57.6 Å². The van der Waals surface area contributed by atoms with Gasteiger partial charge in [0.15, 0.2) is 0 Å². The van der Waals surface area contributed by atoms with Crippen LogP contribution >= 0.6 is 0 Å². The van der Waals surface area contributed by atoms with Gasteiger partial charge in [-0.05, 0) is 12.8 Å². The van der Waals surface area contributed by atoms with E-state index in [0.717, 1.165) is 0 Å². The summed E-state index contributed by atoms with van der Waals surface area (Å²) in [5.41, 5.74) is 0. The molecular weight excluding hydrogens is 246 g/mol. The summed E-state index contributed by atoms with van der Waals surface area (Å²) >= 11 is 0. The van der Waals surface area contributed by atoms with Crippen LogP contribution in [-0.4, -0.2) is 46.8 Å². The molecule has 1 amide bonds. The van der Waals surface area contributed by atoms with Crippen LogP contribution in [0.15, 0.2) is 0 Å². The molecule has 0 aromatic carbocycles. The van der Waals surface area contributed by atoms with E-state index in [1.165, 1.54) is 0 Å². The molecule has 0 aromatic heterocycles. The van der Waals surface area contributed by atoms with E-state index in [1.807, 2.05) is 0 Å². The summed E-state index contributed by atoms with van der Waals surface area (Å²) in [5.74, 6) is -8.01. The number of hydrogen-bond acceptors (Lipinski definition) is 2. The SMILES string of the molecule is O=C(O)CCN(C(=O)C(F)(F)C(F)F)C1CC1. The van der Waals surface area contributed by atoms with Gasteiger partial charge in [0, 0.05) is 12.6 Å². The summed E-state index contributed by atoms with van der Waals surface area (Å²) in [7, 11) is 0. The molecule has 1 saturated carbocycles. The Morgan fingerprint density at radius 3 is 2.24 bits per heavy atom. The van der Waals surface area contributed by atoms with E-state index in [9.17, 15) is 27.2 Å². The minimum atomic E-state index is -4.75. The fourth-order valence-corrected chi connectivity index (χ4v) is 1.34. The van der Waals surface area contributed by atoms with E-state index in [-0.39, 0.29) is 0 Å². The number of rotatable bonds is 6. The van der Waals surface area contributed by atoms with Crippen molar-refractivity contribution in [3.63, 3.8) is 0 Å². The standard InChI is InChI=1S/C9H11F4NO3/c10-7(11)9(12,13)8(17)14(5-1-2-5)4-3-6(15)16/h5,7H,1-4H2,(H,15,16). The summed E-state index contributed by atoms with van der Waals surface area (Å²) < 4.78 is 49.6. The van der Waals surface area contributed by atoms with Gasteiger partial charge in [0.05, 0.1) is 6.42 Å². The second-order valence-electron chi connectivity index (χ2n) is 3.80. The smallest absolute Gasteiger partial charge is 0.383 e. The molecule has 1 rings (SSSR count). The predicted molar refractivity (Wildman–Crippen MR) is 47.9 cm³/mol. The Labute approximate surface area is 94.2 Å². The van der Waals surface area contributed by atoms with Crippen LogP contribution in [0.25, 0.3) is 0 Å². The summed E-state index contributed by atoms with van der Waals surface area (Å²) in [5, 5.41) is 8.38. The van der Waals surface area contributed by atoms with Crippen molar-refractivity contribution < 1.29 is 32.3 Å². The molecule has 0 aromatic rings. The number of halogens is 4. The molecule has 98 valence electrons. The minimum Gasteiger partial charge on any atom is -0.481 e. The molecule has 0 atom stereocenters. The zero-order valence-corrected chi connectivity index (χ0v) is 8.71. The monoisotopic (exact) mass is 257 g/mol. The highest BCUT2D eigenvalue weighted by molar-refractivity contribution is 5.85. The molecule has 0 aliphatic heterocycles. The fraction of sp³-hybridized carbons (Fsp3) is 0.778. The quantitative estimate of drug-likeness (QED) is 0.731. The van der Waals surface area contributed by atoms with Gasteiger partial charge in [-0.25, -0.2) is 8.78 Å². The Hall–Kier alpha value is -1.34. The van der Waals surface area contributed by atoms with E-state index < -0.39 is 43.2 Å². The first-order valence-electron chi connectivity index (χ1n) is 4.95. The predicted octanol–water partition coefficient (Wildman–Crippen LogP) is 1.35. The first-order chi connectivity index (χ1) is 7.76. The molecule has 1 N–H and O–H groups in total. The number of nitrogens with zero attached hydrogens (tertiary/aromatic N) is 1. The molecule has 1 aliphatic rings. The highest BCUT2D eigenvalue weighted by Crippen LogP contribution is 2.33. The van der Waals surface area contributed by atoms with E-state index >= 15 is 0 Å². The van der Waals surface area contributed by atoms with Gasteiger partial charge in [0.1, 0.15) is 0 Å². The van der Waals surface area contributed by atoms with Gasteiger partial charge >= 0.3 is 18.3 Å². The van der Waals surface area contributed by atoms with Gasteiger partial charge in [-0.2, -0.15) is 8.78 Å². The maximum absolute atomic E-state index is 12.8. The lowest BCUT2D eigenvalue weighted by Gasteiger charge is -2.26. The van der Waals surface area contributed by atoms with Crippen LogP contribution in [0.1, 0.15) is 19.3 Å². The second kappa shape index (κ2) is 4.89. The Balaban J connectivity index is 2.70. The van der Waals surface area contributed by atoms with E-state index in [4.69, 9.17) is 5.11 Å². The highest BCUT2D eigenvalue weighted by Gasteiger charge is 2.53. The number of carbonyl (C=O) groups is 2. The van der Waals surface area contributed by atoms with Gasteiger partial charge in [-0.3, -0.25) is 9.59 Å². The minimum absolute atomic E-state index is 0.435. The number of carbonyl (C=O) groups excluding carboxylic acids is 1. The second-order valence-corrected chi connectivity index (χ2v) is 3.80. The van der Waals surface area contributed by atoms with Crippen molar-refractivity contribution in [1.29, 1.82) is 0 Å². The van der Waals surface area contributed by atoms with Crippen molar-refractivity contribution in [3.05, 3.63) is 0 Å². The number of aliphatic carboxylic acids is 1. The Kier molecular flexibility index (Phi) is 3.94. The summed E-state index contributed by atoms with van der Waals surface area (Å²) in [4.78, 5) is 22.0. The van der Waals surface area contributed by atoms with Crippen LogP contribution in [0.5, 0.6) is 0 Å². The van der Waals surface area contributed by atoms with Crippen molar-refractivity contribution in [2.45, 2.75) is 37.7 Å². The Bertz CT molecular complexity index is 317. The summed E-state index contributed by atoms with van der Waals surface area (Å²) in [6, 6.07) is -0.536. The Morgan fingerprint density at radius 1 is 1.35 bits per heavy atom. The van der Waals surface area contributed by atoms with Crippen LogP contribution in [0, 0.1) is 0 Å². The van der Waals surface area contributed by atoms with Crippen LogP contribution in [-0.2, 0) is 9.59 Å². The van der Waals surface area contributed by atoms with Crippen molar-refractivity contribution in [2.24, 2.45) is 0 Å². The van der Waals surface area contributed by atoms with Crippen molar-refractivity contribution in [3.8, 4) is 0 Å². The van der Waals surface area contributed by atoms with Gasteiger partial charge in [0.25, 0.3) is 5.91 Å². The van der Waals surface area contributed by atoms with Gasteiger partial charge in [0.2, 0.25) is 0 Å². The molecular formula is C9H11F4NO3. The van der Waals surface area contributed by atoms with Gasteiger partial charge in [-0.15, -0.1) is 0 Å². The van der Waals surface area contributed by atoms with Gasteiger partial charge < -0.3 is 10.0 Å². The normalized spacial score (nSPS) is 16.1. The summed E-state index contributed by atoms with van der Waals surface area (Å²) in [6.07, 6.45) is -3.75. The number of carboxylic acid groups (broad SMARTS) is 1. The van der Waals surface area contributed by atoms with Crippen molar-refractivity contribution in [2.75, 3.05) is 6.54 Å². The molecule has 0 bridgehead atoms. The lowest BCUT2D eigenvalue weighted by atomic mass is 10.2. The maximum Gasteiger partial charge on any atom is 0.383 e. The third-order valence-electron chi connectivity index (χ3n) is 2.37. The fourth-order valence-electron chi connectivity index (χ4n) is 1.34. The molecule has 17 heavy (non-hydrogen) atoms. The average molecular weight is 257 g/mol. The van der Waals surface area contributed by atoms with Crippen molar-refractivity contribution in [1.82, 2.24) is 4.90 Å². The zero-order chi connectivity index (χ0) is 13.2. The third-order valence-corrected chi connectivity index (χ3v) is 2.37. The zero-order valence-electron chi connectivity index (χ0n) is 8.71. The molecule has 0 spiro atoms. The van der Waals surface area contributed by atoms with E-state index in [2.05, 4.69) is 0 Å². The van der Waals surface area contributed by atoms with E-state index in [1.54, 1.807) is 0 Å². The number of amides is 1. The molecule has 1 aliphatic carbocycles. The molecule has 8 heteroatoms. The molecule has 4 nitrogen and oxygen atoms in total. The lowest BCUT2D eigenvalue weighted by molar-refractivity contribution is -0.181. The third kappa shape index (κ3) is 3.31. The highest BCUT2D eigenvalue weighted by atomic mass is 19.3. The Morgan fingerprint density at radius 2 is 1.88 bits per heavy atom. The molecule has 0 saturated heterocycles. The average Bonchev–Trinajstić information content (AvgIpc) is 3.01. The maximum atomic E-state index is 12.8. The van der Waals surface area contributed by atoms with Gasteiger partial charge in [-0.1, -0.05) is 0 Å². The number of alkyl halides is 4. The van der Waals surface area contributed by atoms with Crippen molar-refractivity contribution >= 4 is 11.9 Å². The molecule has 0 heterocycles. The van der Waals surface area contributed by atoms with E-state index in [0.29, 0.717) is 17.7 Å². The molecule has 0 unspecified atom stereocenters. The van der Waals surface area contributed by atoms with Crippen LogP contribution in [0.4, 0.5) is 17.6 Å². The molecule has 0 radical (unpaired) electrons. The first-order valence-corrected chi connectivity index (χ1v) is 4.95. The van der Waals surface area contributed by atoms with Crippen LogP contribution in [0.2, 0.25) is 0 Å². The summed E-state index contributed by atoms with van der Waals surface area (Å²) in [6.45, 7) is -0.471. The number of hydrogen-bond donors (Lipinski definition) is 1. The van der Waals surface area contributed by atoms with Crippen LogP contribution < -0.4 is 0 Å².